The van der Waals surface area contributed by atoms with Crippen LogP contribution in [0.3, 0.4) is 0 Å². The fraction of sp³-hybridized carbons (Fsp3) is 0.708. The lowest BCUT2D eigenvalue weighted by atomic mass is 10.0. The molecule has 2 heterocycles. The van der Waals surface area contributed by atoms with Crippen LogP contribution in [0.1, 0.15) is 91.7 Å². The van der Waals surface area contributed by atoms with E-state index in [1.807, 2.05) is 53.7 Å². The molecule has 0 spiro atoms. The molecule has 1 aliphatic carbocycles. The van der Waals surface area contributed by atoms with Crippen molar-refractivity contribution in [3.05, 3.63) is 23.9 Å². The molecule has 3 rings (SSSR count). The van der Waals surface area contributed by atoms with Crippen LogP contribution in [0, 0.1) is 0 Å². The predicted octanol–water partition coefficient (Wildman–Crippen LogP) is 5.84. The molecule has 0 unspecified atom stereocenters. The van der Waals surface area contributed by atoms with Crippen molar-refractivity contribution >= 4 is 18.0 Å². The van der Waals surface area contributed by atoms with Crippen molar-refractivity contribution in [1.29, 1.82) is 0 Å². The van der Waals surface area contributed by atoms with Gasteiger partial charge in [0.2, 0.25) is 0 Å². The quantitative estimate of drug-likeness (QED) is 0.601. The van der Waals surface area contributed by atoms with Gasteiger partial charge in [-0.1, -0.05) is 18.9 Å². The number of carbonyl (C=O) groups excluding carboxylic acids is 2. The third-order valence-corrected chi connectivity index (χ3v) is 5.56. The molecule has 0 radical (unpaired) electrons. The molecule has 31 heavy (non-hydrogen) atoms. The first kappa shape index (κ1) is 23.4. The number of carbonyl (C=O) groups is 2. The van der Waals surface area contributed by atoms with Crippen molar-refractivity contribution in [3.8, 4) is 0 Å². The molecule has 1 saturated carbocycles. The van der Waals surface area contributed by atoms with Crippen LogP contribution >= 0.6 is 0 Å². The van der Waals surface area contributed by atoms with Gasteiger partial charge in [-0.3, -0.25) is 4.90 Å². The summed E-state index contributed by atoms with van der Waals surface area (Å²) >= 11 is 0. The number of pyridine rings is 1. The number of hydrogen-bond donors (Lipinski definition) is 0. The van der Waals surface area contributed by atoms with Gasteiger partial charge in [0, 0.05) is 24.3 Å². The molecule has 172 valence electrons. The Kier molecular flexibility index (Phi) is 6.82. The maximum absolute atomic E-state index is 13.3. The van der Waals surface area contributed by atoms with E-state index in [9.17, 15) is 9.59 Å². The molecular weight excluding hydrogens is 394 g/mol. The lowest BCUT2D eigenvalue weighted by molar-refractivity contribution is 0.0224. The molecule has 7 heteroatoms. The van der Waals surface area contributed by atoms with E-state index in [0.29, 0.717) is 12.4 Å². The van der Waals surface area contributed by atoms with Crippen LogP contribution in [0.15, 0.2) is 18.3 Å². The first-order valence-corrected chi connectivity index (χ1v) is 11.4. The highest BCUT2D eigenvalue weighted by Gasteiger charge is 2.39. The molecule has 7 nitrogen and oxygen atoms in total. The maximum Gasteiger partial charge on any atom is 0.416 e. The van der Waals surface area contributed by atoms with E-state index in [1.165, 1.54) is 0 Å². The van der Waals surface area contributed by atoms with E-state index < -0.39 is 11.2 Å². The lowest BCUT2D eigenvalue weighted by Crippen LogP contribution is -2.44. The van der Waals surface area contributed by atoms with E-state index in [2.05, 4.69) is 4.98 Å². The molecule has 0 aromatic carbocycles. The summed E-state index contributed by atoms with van der Waals surface area (Å²) in [5.74, 6) is 0.601. The molecule has 2 amide bonds. The standard InChI is InChI=1S/C24H37N3O4/c1-23(2,3)30-21(28)26-16-10-14-19(26)18-13-9-15-25-20(18)27(17-11-7-8-12-17)22(29)31-24(4,5)6/h9,13,15,17,19H,7-8,10-12,14,16H2,1-6H3/t19-/m1/s1. The summed E-state index contributed by atoms with van der Waals surface area (Å²) in [6, 6.07) is 3.72. The fourth-order valence-corrected chi connectivity index (χ4v) is 4.38. The maximum atomic E-state index is 13.3. The Labute approximate surface area is 186 Å². The molecule has 2 aliphatic rings. The molecule has 1 saturated heterocycles. The van der Waals surface area contributed by atoms with Crippen LogP contribution in [0.25, 0.3) is 0 Å². The molecule has 1 aliphatic heterocycles. The van der Waals surface area contributed by atoms with Gasteiger partial charge in [0.15, 0.2) is 0 Å². The first-order valence-electron chi connectivity index (χ1n) is 11.4. The number of anilines is 1. The summed E-state index contributed by atoms with van der Waals surface area (Å²) in [5, 5.41) is 0. The highest BCUT2D eigenvalue weighted by molar-refractivity contribution is 5.88. The third-order valence-electron chi connectivity index (χ3n) is 5.56. The number of likely N-dealkylation sites (tertiary alicyclic amines) is 1. The third kappa shape index (κ3) is 5.89. The number of amides is 2. The zero-order valence-corrected chi connectivity index (χ0v) is 19.8. The lowest BCUT2D eigenvalue weighted by Gasteiger charge is -2.34. The Morgan fingerprint density at radius 1 is 1.00 bits per heavy atom. The van der Waals surface area contributed by atoms with Gasteiger partial charge in [-0.15, -0.1) is 0 Å². The van der Waals surface area contributed by atoms with Crippen molar-refractivity contribution in [2.24, 2.45) is 0 Å². The topological polar surface area (TPSA) is 72.0 Å². The Morgan fingerprint density at radius 3 is 2.26 bits per heavy atom. The zero-order chi connectivity index (χ0) is 22.8. The molecular formula is C24H37N3O4. The summed E-state index contributed by atoms with van der Waals surface area (Å²) in [6.45, 7) is 11.9. The van der Waals surface area contributed by atoms with Crippen molar-refractivity contribution in [2.45, 2.75) is 103 Å². The van der Waals surface area contributed by atoms with E-state index in [4.69, 9.17) is 9.47 Å². The summed E-state index contributed by atoms with van der Waals surface area (Å²) < 4.78 is 11.4. The number of rotatable bonds is 3. The van der Waals surface area contributed by atoms with Gasteiger partial charge >= 0.3 is 12.2 Å². The minimum Gasteiger partial charge on any atom is -0.444 e. The van der Waals surface area contributed by atoms with E-state index in [0.717, 1.165) is 44.1 Å². The number of hydrogen-bond acceptors (Lipinski definition) is 5. The van der Waals surface area contributed by atoms with Crippen molar-refractivity contribution in [3.63, 3.8) is 0 Å². The summed E-state index contributed by atoms with van der Waals surface area (Å²) in [5.41, 5.74) is -0.281. The van der Waals surface area contributed by atoms with Crippen LogP contribution < -0.4 is 4.90 Å². The summed E-state index contributed by atoms with van der Waals surface area (Å²) in [7, 11) is 0. The molecule has 0 bridgehead atoms. The van der Waals surface area contributed by atoms with E-state index >= 15 is 0 Å². The van der Waals surface area contributed by atoms with Gasteiger partial charge in [-0.2, -0.15) is 0 Å². The van der Waals surface area contributed by atoms with Gasteiger partial charge in [0.05, 0.1) is 6.04 Å². The Morgan fingerprint density at radius 2 is 1.65 bits per heavy atom. The molecule has 1 aromatic rings. The van der Waals surface area contributed by atoms with Crippen LogP contribution in [-0.4, -0.2) is 45.9 Å². The Balaban J connectivity index is 1.96. The molecule has 2 fully saturated rings. The minimum absolute atomic E-state index is 0.0554. The normalized spacial score (nSPS) is 20.1. The second kappa shape index (κ2) is 9.05. The van der Waals surface area contributed by atoms with Gasteiger partial charge in [0.25, 0.3) is 0 Å². The van der Waals surface area contributed by atoms with E-state index in [-0.39, 0.29) is 24.3 Å². The average molecular weight is 432 g/mol. The van der Waals surface area contributed by atoms with E-state index in [1.54, 1.807) is 16.0 Å². The zero-order valence-electron chi connectivity index (χ0n) is 19.8. The van der Waals surface area contributed by atoms with Crippen molar-refractivity contribution in [2.75, 3.05) is 11.4 Å². The smallest absolute Gasteiger partial charge is 0.416 e. The van der Waals surface area contributed by atoms with Crippen LogP contribution in [0.2, 0.25) is 0 Å². The fourth-order valence-electron chi connectivity index (χ4n) is 4.38. The number of ether oxygens (including phenoxy) is 2. The van der Waals surface area contributed by atoms with Crippen LogP contribution in [0.4, 0.5) is 15.4 Å². The van der Waals surface area contributed by atoms with Crippen LogP contribution in [-0.2, 0) is 9.47 Å². The second-order valence-electron chi connectivity index (χ2n) is 10.5. The summed E-state index contributed by atoms with van der Waals surface area (Å²) in [6.07, 6.45) is 6.72. The monoisotopic (exact) mass is 431 g/mol. The van der Waals surface area contributed by atoms with Gasteiger partial charge in [-0.05, 0) is 73.3 Å². The predicted molar refractivity (Wildman–Crippen MR) is 120 cm³/mol. The minimum atomic E-state index is -0.598. The largest absolute Gasteiger partial charge is 0.444 e. The Bertz CT molecular complexity index is 791. The van der Waals surface area contributed by atoms with Gasteiger partial charge in [0.1, 0.15) is 17.0 Å². The Hall–Kier alpha value is -2.31. The van der Waals surface area contributed by atoms with Gasteiger partial charge < -0.3 is 14.4 Å². The molecule has 0 N–H and O–H groups in total. The molecule has 1 atom stereocenters. The number of nitrogens with zero attached hydrogens (tertiary/aromatic N) is 3. The van der Waals surface area contributed by atoms with Gasteiger partial charge in [-0.25, -0.2) is 14.6 Å². The van der Waals surface area contributed by atoms with Crippen molar-refractivity contribution in [1.82, 2.24) is 9.88 Å². The second-order valence-corrected chi connectivity index (χ2v) is 10.5. The highest BCUT2D eigenvalue weighted by Crippen LogP contribution is 2.39. The SMILES string of the molecule is CC(C)(C)OC(=O)N(c1ncccc1[C@H]1CCCN1C(=O)OC(C)(C)C)C1CCCC1. The first-order chi connectivity index (χ1) is 14.5. The number of aromatic nitrogens is 1. The average Bonchev–Trinajstić information content (AvgIpc) is 3.31. The van der Waals surface area contributed by atoms with Crippen molar-refractivity contribution < 1.29 is 19.1 Å². The van der Waals surface area contributed by atoms with Crippen LogP contribution in [0.5, 0.6) is 0 Å². The highest BCUT2D eigenvalue weighted by atomic mass is 16.6. The summed E-state index contributed by atoms with van der Waals surface area (Å²) in [4.78, 5) is 34.3. The molecule has 1 aromatic heterocycles.